The van der Waals surface area contributed by atoms with Gasteiger partial charge in [-0.3, -0.25) is 4.84 Å². The molecule has 1 unspecified atom stereocenters. The summed E-state index contributed by atoms with van der Waals surface area (Å²) in [5.41, 5.74) is 0. The van der Waals surface area contributed by atoms with Gasteiger partial charge >= 0.3 is 5.97 Å². The minimum absolute atomic E-state index is 0.0120. The zero-order valence-corrected chi connectivity index (χ0v) is 9.78. The molecule has 0 aromatic heterocycles. The number of aliphatic hydroxyl groups is 2. The molecule has 102 valence electrons. The minimum atomic E-state index is -1.08. The molecule has 0 amide bonds. The third kappa shape index (κ3) is 10.1. The number of aliphatic carboxylic acids is 1. The van der Waals surface area contributed by atoms with Crippen molar-refractivity contribution in [1.82, 2.24) is 5.06 Å². The topological polar surface area (TPSA) is 125 Å². The molecule has 0 bridgehead atoms. The minimum Gasteiger partial charge on any atom is -0.479 e. The third-order valence-electron chi connectivity index (χ3n) is 2.00. The van der Waals surface area contributed by atoms with E-state index >= 15 is 0 Å². The van der Waals surface area contributed by atoms with Crippen LogP contribution in [-0.2, 0) is 14.5 Å². The van der Waals surface area contributed by atoms with Crippen LogP contribution < -0.4 is 5.90 Å². The quantitative estimate of drug-likeness (QED) is 0.340. The molecule has 0 aromatic rings. The fourth-order valence-electron chi connectivity index (χ4n) is 1.19. The second-order valence-corrected chi connectivity index (χ2v) is 3.70. The summed E-state index contributed by atoms with van der Waals surface area (Å²) >= 11 is 0. The van der Waals surface area contributed by atoms with Crippen molar-refractivity contribution in [2.75, 3.05) is 26.8 Å². The molecule has 0 saturated heterocycles. The summed E-state index contributed by atoms with van der Waals surface area (Å²) in [4.78, 5) is 19.2. The van der Waals surface area contributed by atoms with Crippen LogP contribution in [0.4, 0.5) is 0 Å². The van der Waals surface area contributed by atoms with E-state index in [2.05, 4.69) is 4.84 Å². The monoisotopic (exact) mass is 252 g/mol. The summed E-state index contributed by atoms with van der Waals surface area (Å²) in [7, 11) is 1.52. The predicted molar refractivity (Wildman–Crippen MR) is 57.6 cm³/mol. The van der Waals surface area contributed by atoms with Crippen LogP contribution in [0.3, 0.4) is 0 Å². The average molecular weight is 252 g/mol. The van der Waals surface area contributed by atoms with E-state index in [4.69, 9.17) is 15.8 Å². The maximum Gasteiger partial charge on any atom is 0.331 e. The lowest BCUT2D eigenvalue weighted by atomic mass is 10.1. The fraction of sp³-hybridized carbons (Fsp3) is 0.889. The van der Waals surface area contributed by atoms with Gasteiger partial charge in [-0.15, -0.1) is 0 Å². The Hall–Kier alpha value is -0.770. The molecule has 0 rings (SSSR count). The van der Waals surface area contributed by atoms with E-state index in [-0.39, 0.29) is 13.2 Å². The standard InChI is InChI=1S/C9H20N2O6/c1-11(17-6-9(14)15)4-7(12)2-3-8(13)5-16-10/h7-8,12-13H,2-6,10H2,1H3,(H,14,15)/t7?,8-/m0/s1. The molecular formula is C9H20N2O6. The van der Waals surface area contributed by atoms with Crippen molar-refractivity contribution in [1.29, 1.82) is 0 Å². The molecule has 0 fully saturated rings. The second-order valence-electron chi connectivity index (χ2n) is 3.70. The highest BCUT2D eigenvalue weighted by Gasteiger charge is 2.12. The van der Waals surface area contributed by atoms with E-state index in [1.807, 2.05) is 0 Å². The Bertz CT molecular complexity index is 216. The van der Waals surface area contributed by atoms with Crippen molar-refractivity contribution in [2.45, 2.75) is 25.0 Å². The lowest BCUT2D eigenvalue weighted by Crippen LogP contribution is -2.32. The molecular weight excluding hydrogens is 232 g/mol. The van der Waals surface area contributed by atoms with Crippen molar-refractivity contribution < 1.29 is 29.8 Å². The number of carboxylic acids is 1. The Morgan fingerprint density at radius 2 is 1.94 bits per heavy atom. The predicted octanol–water partition coefficient (Wildman–Crippen LogP) is -1.67. The first-order valence-electron chi connectivity index (χ1n) is 5.19. The number of hydrogen-bond acceptors (Lipinski definition) is 7. The van der Waals surface area contributed by atoms with Crippen LogP contribution in [0, 0.1) is 0 Å². The van der Waals surface area contributed by atoms with Crippen LogP contribution in [0.1, 0.15) is 12.8 Å². The molecule has 0 aliphatic rings. The van der Waals surface area contributed by atoms with Gasteiger partial charge in [0.05, 0.1) is 18.8 Å². The largest absolute Gasteiger partial charge is 0.479 e. The van der Waals surface area contributed by atoms with Gasteiger partial charge in [0.15, 0.2) is 6.61 Å². The van der Waals surface area contributed by atoms with Crippen molar-refractivity contribution in [3.05, 3.63) is 0 Å². The first kappa shape index (κ1) is 16.2. The summed E-state index contributed by atoms with van der Waals surface area (Å²) in [6.07, 6.45) is -0.766. The molecule has 8 nitrogen and oxygen atoms in total. The normalized spacial score (nSPS) is 14.9. The van der Waals surface area contributed by atoms with Gasteiger partial charge < -0.3 is 20.2 Å². The number of nitrogens with two attached hydrogens (primary N) is 1. The van der Waals surface area contributed by atoms with Gasteiger partial charge in [0.1, 0.15) is 0 Å². The molecule has 17 heavy (non-hydrogen) atoms. The zero-order valence-electron chi connectivity index (χ0n) is 9.78. The van der Waals surface area contributed by atoms with Gasteiger partial charge in [0.2, 0.25) is 0 Å². The Morgan fingerprint density at radius 3 is 2.47 bits per heavy atom. The molecule has 2 atom stereocenters. The average Bonchev–Trinajstić information content (AvgIpc) is 2.24. The molecule has 0 aliphatic heterocycles. The number of carbonyl (C=O) groups is 1. The first-order chi connectivity index (χ1) is 7.95. The zero-order chi connectivity index (χ0) is 13.3. The highest BCUT2D eigenvalue weighted by molar-refractivity contribution is 5.67. The Labute approximate surface area is 99.4 Å². The van der Waals surface area contributed by atoms with Crippen LogP contribution in [0.5, 0.6) is 0 Å². The van der Waals surface area contributed by atoms with E-state index in [1.165, 1.54) is 12.1 Å². The number of hydroxylamine groups is 2. The summed E-state index contributed by atoms with van der Waals surface area (Å²) in [6.45, 7) is -0.283. The Kier molecular flexibility index (Phi) is 8.86. The number of nitrogens with zero attached hydrogens (tertiary/aromatic N) is 1. The van der Waals surface area contributed by atoms with E-state index in [1.54, 1.807) is 0 Å². The summed E-state index contributed by atoms with van der Waals surface area (Å²) in [5, 5.41) is 28.4. The Morgan fingerprint density at radius 1 is 1.35 bits per heavy atom. The maximum atomic E-state index is 10.2. The van der Waals surface area contributed by atoms with E-state index in [0.29, 0.717) is 12.8 Å². The van der Waals surface area contributed by atoms with E-state index in [9.17, 15) is 15.0 Å². The first-order valence-corrected chi connectivity index (χ1v) is 5.19. The van der Waals surface area contributed by atoms with Gasteiger partial charge in [0.25, 0.3) is 0 Å². The molecule has 0 aromatic carbocycles. The van der Waals surface area contributed by atoms with Crippen LogP contribution in [-0.4, -0.2) is 65.4 Å². The van der Waals surface area contributed by atoms with Gasteiger partial charge in [-0.25, -0.2) is 10.7 Å². The van der Waals surface area contributed by atoms with Gasteiger partial charge in [-0.2, -0.15) is 5.06 Å². The number of aliphatic hydroxyl groups excluding tert-OH is 2. The molecule has 0 spiro atoms. The van der Waals surface area contributed by atoms with Crippen LogP contribution >= 0.6 is 0 Å². The Balaban J connectivity index is 3.62. The summed E-state index contributed by atoms with van der Waals surface area (Å²) in [5.74, 6) is 3.70. The van der Waals surface area contributed by atoms with Crippen molar-refractivity contribution >= 4 is 5.97 Å². The van der Waals surface area contributed by atoms with Crippen LogP contribution in [0.15, 0.2) is 0 Å². The highest BCUT2D eigenvalue weighted by atomic mass is 16.7. The number of hydrogen-bond donors (Lipinski definition) is 4. The third-order valence-corrected chi connectivity index (χ3v) is 2.00. The molecule has 0 radical (unpaired) electrons. The van der Waals surface area contributed by atoms with Crippen molar-refractivity contribution in [3.63, 3.8) is 0 Å². The van der Waals surface area contributed by atoms with Gasteiger partial charge in [0, 0.05) is 13.6 Å². The molecule has 0 heterocycles. The SMILES string of the molecule is CN(CC(O)CC[C@H](O)CON)OCC(=O)O. The lowest BCUT2D eigenvalue weighted by Gasteiger charge is -2.20. The number of carboxylic acid groups (broad SMARTS) is 1. The summed E-state index contributed by atoms with van der Waals surface area (Å²) < 4.78 is 0. The molecule has 0 aliphatic carbocycles. The summed E-state index contributed by atoms with van der Waals surface area (Å²) in [6, 6.07) is 0. The molecule has 8 heteroatoms. The van der Waals surface area contributed by atoms with Gasteiger partial charge in [-0.1, -0.05) is 0 Å². The van der Waals surface area contributed by atoms with Crippen LogP contribution in [0.2, 0.25) is 0 Å². The lowest BCUT2D eigenvalue weighted by molar-refractivity contribution is -0.178. The molecule has 5 N–H and O–H groups in total. The van der Waals surface area contributed by atoms with Crippen molar-refractivity contribution in [3.8, 4) is 0 Å². The van der Waals surface area contributed by atoms with Crippen molar-refractivity contribution in [2.24, 2.45) is 5.90 Å². The fourth-order valence-corrected chi connectivity index (χ4v) is 1.19. The second kappa shape index (κ2) is 9.28. The maximum absolute atomic E-state index is 10.2. The van der Waals surface area contributed by atoms with Gasteiger partial charge in [-0.05, 0) is 12.8 Å². The number of likely N-dealkylation sites (N-methyl/N-ethyl adjacent to an activating group) is 1. The smallest absolute Gasteiger partial charge is 0.331 e. The number of rotatable bonds is 10. The molecule has 0 saturated carbocycles. The van der Waals surface area contributed by atoms with E-state index < -0.39 is 24.8 Å². The van der Waals surface area contributed by atoms with Crippen LogP contribution in [0.25, 0.3) is 0 Å². The highest BCUT2D eigenvalue weighted by Crippen LogP contribution is 2.03. The van der Waals surface area contributed by atoms with E-state index in [0.717, 1.165) is 0 Å².